The normalized spacial score (nSPS) is 19.6. The molecular weight excluding hydrogens is 662 g/mol. The van der Waals surface area contributed by atoms with Crippen LogP contribution < -0.4 is 21.3 Å². The van der Waals surface area contributed by atoms with Crippen molar-refractivity contribution in [2.75, 3.05) is 13.1 Å². The van der Waals surface area contributed by atoms with Crippen LogP contribution in [-0.4, -0.2) is 86.3 Å². The fourth-order valence-corrected chi connectivity index (χ4v) is 5.99. The molecule has 14 nitrogen and oxygen atoms in total. The Kier molecular flexibility index (Phi) is 12.8. The number of amides is 5. The van der Waals surface area contributed by atoms with Gasteiger partial charge < -0.3 is 26.2 Å². The maximum absolute atomic E-state index is 14.1. The number of carbonyl (C=O) groups excluding carboxylic acids is 5. The van der Waals surface area contributed by atoms with Crippen LogP contribution in [-0.2, 0) is 27.3 Å². The number of benzene rings is 3. The molecule has 14 heteroatoms. The maximum Gasteiger partial charge on any atom is 0.254 e. The van der Waals surface area contributed by atoms with E-state index in [2.05, 4.69) is 41.9 Å². The number of rotatable bonds is 6. The van der Waals surface area contributed by atoms with Crippen molar-refractivity contribution in [3.05, 3.63) is 101 Å². The van der Waals surface area contributed by atoms with Crippen molar-refractivity contribution in [2.24, 2.45) is 5.92 Å². The fraction of sp³-hybridized carbons (Fsp3) is 0.368. The SMILES string of the molecule is CC(C)C[C@@H]1NC(=O)[C@@H](Cc2ccccc2)NC(=O)c2ccc(cc2)CN(C(=O)c2ccccc2-c2nn[nH]n2)CCCCNC(=O)[C@@H](C)NC1=O. The first-order valence-corrected chi connectivity index (χ1v) is 17.5. The number of hydrogen-bond acceptors (Lipinski definition) is 8. The summed E-state index contributed by atoms with van der Waals surface area (Å²) in [7, 11) is 0. The first-order valence-electron chi connectivity index (χ1n) is 17.5. The molecule has 0 saturated heterocycles. The lowest BCUT2D eigenvalue weighted by molar-refractivity contribution is -0.132. The molecule has 0 unspecified atom stereocenters. The Morgan fingerprint density at radius 2 is 1.54 bits per heavy atom. The molecular formula is C38H45N9O5. The standard InChI is InChI=1S/C38H45N9O5/c1-24(2)21-31-36(50)40-25(3)34(48)39-19-9-10-20-47(38(52)30-14-8-7-13-29(30)33-43-45-46-44-33)23-27-15-17-28(18-16-27)35(49)41-32(37(51)42-31)22-26-11-5-4-6-12-26/h4-8,11-18,24-25,31-32H,9-10,19-23H2,1-3H3,(H,39,48)(H,40,50)(H,41,49)(H,42,51)(H,43,44,45,46)/t25-,31+,32-/m1/s1. The van der Waals surface area contributed by atoms with Crippen LogP contribution >= 0.6 is 0 Å². The average molecular weight is 708 g/mol. The van der Waals surface area contributed by atoms with Gasteiger partial charge in [0.15, 0.2) is 0 Å². The molecule has 4 aromatic rings. The van der Waals surface area contributed by atoms with Crippen LogP contribution in [0.5, 0.6) is 0 Å². The fourth-order valence-electron chi connectivity index (χ4n) is 5.99. The maximum atomic E-state index is 14.1. The third-order valence-electron chi connectivity index (χ3n) is 8.77. The van der Waals surface area contributed by atoms with Crippen LogP contribution in [0.1, 0.15) is 71.9 Å². The molecule has 0 saturated carbocycles. The van der Waals surface area contributed by atoms with Crippen molar-refractivity contribution in [3.8, 4) is 11.4 Å². The summed E-state index contributed by atoms with van der Waals surface area (Å²) in [5.41, 5.74) is 2.88. The van der Waals surface area contributed by atoms with Crippen molar-refractivity contribution in [1.82, 2.24) is 46.8 Å². The summed E-state index contributed by atoms with van der Waals surface area (Å²) in [4.78, 5) is 69.6. The minimum atomic E-state index is -1.00. The summed E-state index contributed by atoms with van der Waals surface area (Å²) in [6.45, 7) is 6.40. The molecule has 2 bridgehead atoms. The number of nitrogens with one attached hydrogen (secondary N) is 5. The van der Waals surface area contributed by atoms with E-state index in [-0.39, 0.29) is 30.7 Å². The zero-order chi connectivity index (χ0) is 37.0. The van der Waals surface area contributed by atoms with Gasteiger partial charge in [-0.15, -0.1) is 10.2 Å². The summed E-state index contributed by atoms with van der Waals surface area (Å²) in [5.74, 6) is -1.75. The number of hydrogen-bond donors (Lipinski definition) is 5. The second-order valence-electron chi connectivity index (χ2n) is 13.3. The van der Waals surface area contributed by atoms with Gasteiger partial charge in [0.05, 0.1) is 5.56 Å². The molecule has 0 fully saturated rings. The molecule has 0 radical (unpaired) electrons. The highest BCUT2D eigenvalue weighted by molar-refractivity contribution is 6.00. The molecule has 5 amide bonds. The molecule has 3 aromatic carbocycles. The monoisotopic (exact) mass is 707 g/mol. The second-order valence-corrected chi connectivity index (χ2v) is 13.3. The number of nitrogens with zero attached hydrogens (tertiary/aromatic N) is 4. The van der Waals surface area contributed by atoms with Crippen molar-refractivity contribution >= 4 is 29.5 Å². The van der Waals surface area contributed by atoms with Crippen LogP contribution in [0.15, 0.2) is 78.9 Å². The Morgan fingerprint density at radius 1 is 0.827 bits per heavy atom. The minimum absolute atomic E-state index is 0.0502. The van der Waals surface area contributed by atoms with E-state index in [9.17, 15) is 24.0 Å². The Morgan fingerprint density at radius 3 is 2.25 bits per heavy atom. The van der Waals surface area contributed by atoms with E-state index in [0.29, 0.717) is 54.9 Å². The van der Waals surface area contributed by atoms with Crippen molar-refractivity contribution in [3.63, 3.8) is 0 Å². The topological polar surface area (TPSA) is 191 Å². The number of tetrazole rings is 1. The van der Waals surface area contributed by atoms with Gasteiger partial charge in [-0.2, -0.15) is 5.21 Å². The summed E-state index contributed by atoms with van der Waals surface area (Å²) in [5, 5.41) is 25.5. The Bertz CT molecular complexity index is 1830. The predicted molar refractivity (Wildman–Crippen MR) is 193 cm³/mol. The molecule has 5 N–H and O–H groups in total. The molecule has 3 atom stereocenters. The minimum Gasteiger partial charge on any atom is -0.354 e. The number of aromatic nitrogens is 4. The highest BCUT2D eigenvalue weighted by Gasteiger charge is 2.30. The Labute approximate surface area is 302 Å². The average Bonchev–Trinajstić information content (AvgIpc) is 3.68. The summed E-state index contributed by atoms with van der Waals surface area (Å²) >= 11 is 0. The Hall–Kier alpha value is -5.92. The number of fused-ring (bicyclic) bond motifs is 18. The van der Waals surface area contributed by atoms with Gasteiger partial charge in [0, 0.05) is 37.2 Å². The zero-order valence-corrected chi connectivity index (χ0v) is 29.6. The lowest BCUT2D eigenvalue weighted by Gasteiger charge is -2.25. The third-order valence-corrected chi connectivity index (χ3v) is 8.77. The smallest absolute Gasteiger partial charge is 0.254 e. The van der Waals surface area contributed by atoms with E-state index in [1.807, 2.05) is 44.2 Å². The van der Waals surface area contributed by atoms with Gasteiger partial charge in [-0.3, -0.25) is 24.0 Å². The van der Waals surface area contributed by atoms with E-state index >= 15 is 0 Å². The van der Waals surface area contributed by atoms with Gasteiger partial charge in [-0.1, -0.05) is 74.5 Å². The van der Waals surface area contributed by atoms with Crippen molar-refractivity contribution < 1.29 is 24.0 Å². The molecule has 6 rings (SSSR count). The van der Waals surface area contributed by atoms with E-state index in [0.717, 1.165) is 11.1 Å². The molecule has 3 heterocycles. The van der Waals surface area contributed by atoms with Crippen LogP contribution in [0.4, 0.5) is 0 Å². The lowest BCUT2D eigenvalue weighted by atomic mass is 10.0. The first-order chi connectivity index (χ1) is 25.1. The number of H-pyrrole nitrogens is 1. The second kappa shape index (κ2) is 17.8. The first kappa shape index (κ1) is 37.3. The van der Waals surface area contributed by atoms with Crippen molar-refractivity contribution in [2.45, 2.75) is 71.1 Å². The van der Waals surface area contributed by atoms with E-state index in [1.165, 1.54) is 0 Å². The van der Waals surface area contributed by atoms with E-state index < -0.39 is 35.8 Å². The molecule has 0 spiro atoms. The lowest BCUT2D eigenvalue weighted by Crippen LogP contribution is -2.57. The van der Waals surface area contributed by atoms with E-state index in [1.54, 1.807) is 60.4 Å². The Balaban J connectivity index is 1.43. The van der Waals surface area contributed by atoms with Crippen LogP contribution in [0.25, 0.3) is 11.4 Å². The van der Waals surface area contributed by atoms with Gasteiger partial charge in [0.2, 0.25) is 23.5 Å². The van der Waals surface area contributed by atoms with Gasteiger partial charge >= 0.3 is 0 Å². The van der Waals surface area contributed by atoms with Gasteiger partial charge in [0.25, 0.3) is 11.8 Å². The third kappa shape index (κ3) is 10.1. The van der Waals surface area contributed by atoms with Gasteiger partial charge in [0.1, 0.15) is 18.1 Å². The molecule has 52 heavy (non-hydrogen) atoms. The predicted octanol–water partition coefficient (Wildman–Crippen LogP) is 2.80. The number of aromatic amines is 1. The summed E-state index contributed by atoms with van der Waals surface area (Å²) in [6, 6.07) is 20.4. The molecule has 1 aromatic heterocycles. The molecule has 0 aliphatic carbocycles. The molecule has 2 aliphatic heterocycles. The zero-order valence-electron chi connectivity index (χ0n) is 29.6. The molecule has 2 aliphatic rings. The number of carbonyl (C=O) groups is 5. The van der Waals surface area contributed by atoms with Gasteiger partial charge in [-0.25, -0.2) is 0 Å². The quantitative estimate of drug-likeness (QED) is 0.189. The van der Waals surface area contributed by atoms with E-state index in [4.69, 9.17) is 0 Å². The highest BCUT2D eigenvalue weighted by atomic mass is 16.2. The van der Waals surface area contributed by atoms with Crippen LogP contribution in [0.2, 0.25) is 0 Å². The highest BCUT2D eigenvalue weighted by Crippen LogP contribution is 2.22. The van der Waals surface area contributed by atoms with Gasteiger partial charge in [-0.05, 0) is 66.6 Å². The van der Waals surface area contributed by atoms with Crippen LogP contribution in [0.3, 0.4) is 0 Å². The van der Waals surface area contributed by atoms with Crippen LogP contribution in [0, 0.1) is 5.92 Å². The largest absolute Gasteiger partial charge is 0.354 e. The molecule has 272 valence electrons. The summed E-state index contributed by atoms with van der Waals surface area (Å²) in [6.07, 6.45) is 1.65. The van der Waals surface area contributed by atoms with Crippen molar-refractivity contribution in [1.29, 1.82) is 0 Å². The summed E-state index contributed by atoms with van der Waals surface area (Å²) < 4.78 is 0.